The second kappa shape index (κ2) is 8.33. The molecule has 2 aromatic heterocycles. The Morgan fingerprint density at radius 2 is 1.64 bits per heavy atom. The topological polar surface area (TPSA) is 77.1 Å². The average molecular weight is 504 g/mol. The van der Waals surface area contributed by atoms with Crippen molar-refractivity contribution in [2.75, 3.05) is 6.26 Å². The fourth-order valence-electron chi connectivity index (χ4n) is 3.73. The summed E-state index contributed by atoms with van der Waals surface area (Å²) in [6.07, 6.45) is 1.18. The lowest BCUT2D eigenvalue weighted by Crippen LogP contribution is -2.17. The molecular weight excluding hydrogens is 481 g/mol. The van der Waals surface area contributed by atoms with Gasteiger partial charge in [0.25, 0.3) is 0 Å². The molecule has 0 fully saturated rings. The number of rotatable bonds is 5. The number of aliphatic hydroxyl groups is 1. The third kappa shape index (κ3) is 4.34. The minimum absolute atomic E-state index is 0.242. The number of halogens is 2. The third-order valence-corrected chi connectivity index (χ3v) is 7.20. The van der Waals surface area contributed by atoms with E-state index in [4.69, 9.17) is 23.2 Å². The van der Waals surface area contributed by atoms with Crippen LogP contribution in [0.1, 0.15) is 19.5 Å². The first kappa shape index (κ1) is 23.6. The van der Waals surface area contributed by atoms with Crippen molar-refractivity contribution < 1.29 is 13.5 Å². The molecule has 0 aliphatic rings. The highest BCUT2D eigenvalue weighted by atomic mass is 35.5. The molecule has 2 heterocycles. The van der Waals surface area contributed by atoms with Gasteiger partial charge in [-0.3, -0.25) is 0 Å². The lowest BCUT2D eigenvalue weighted by Gasteiger charge is -2.14. The maximum atomic E-state index is 12.0. The Hall–Kier alpha value is -2.58. The molecule has 0 atom stereocenters. The second-order valence-electron chi connectivity index (χ2n) is 8.40. The first-order valence-corrected chi connectivity index (χ1v) is 12.8. The fourth-order valence-corrected chi connectivity index (χ4v) is 5.06. The number of nitrogens with zero attached hydrogens (tertiary/aromatic N) is 3. The van der Waals surface area contributed by atoms with E-state index in [1.165, 1.54) is 6.26 Å². The number of aromatic nitrogens is 3. The van der Waals surface area contributed by atoms with Gasteiger partial charge in [-0.05, 0) is 55.8 Å². The summed E-state index contributed by atoms with van der Waals surface area (Å²) in [4.78, 5) is 0.242. The highest BCUT2D eigenvalue weighted by molar-refractivity contribution is 7.90. The molecule has 1 N–H and O–H groups in total. The van der Waals surface area contributed by atoms with E-state index in [-0.39, 0.29) is 4.90 Å². The predicted molar refractivity (Wildman–Crippen MR) is 132 cm³/mol. The molecular formula is C24H23Cl2N3O3S. The molecule has 0 radical (unpaired) electrons. The van der Waals surface area contributed by atoms with Crippen LogP contribution in [0.4, 0.5) is 0 Å². The van der Waals surface area contributed by atoms with Crippen LogP contribution in [0.25, 0.3) is 28.3 Å². The zero-order chi connectivity index (χ0) is 24.1. The van der Waals surface area contributed by atoms with Gasteiger partial charge in [-0.25, -0.2) is 13.1 Å². The number of sulfone groups is 1. The Balaban J connectivity index is 1.96. The van der Waals surface area contributed by atoms with Crippen LogP contribution in [0, 0.1) is 0 Å². The molecule has 0 bridgehead atoms. The summed E-state index contributed by atoms with van der Waals surface area (Å²) >= 11 is 13.2. The molecule has 0 spiro atoms. The smallest absolute Gasteiger partial charge is 0.175 e. The maximum absolute atomic E-state index is 12.0. The highest BCUT2D eigenvalue weighted by Gasteiger charge is 2.30. The molecule has 4 rings (SSSR count). The van der Waals surface area contributed by atoms with Crippen molar-refractivity contribution >= 4 is 33.0 Å². The van der Waals surface area contributed by atoms with Gasteiger partial charge in [0.2, 0.25) is 0 Å². The molecule has 0 aliphatic heterocycles. The summed E-state index contributed by atoms with van der Waals surface area (Å²) < 4.78 is 27.6. The lowest BCUT2D eigenvalue weighted by molar-refractivity contribution is 0.0735. The number of hydrogen-bond donors (Lipinski definition) is 1. The highest BCUT2D eigenvalue weighted by Crippen LogP contribution is 2.40. The molecule has 0 saturated carbocycles. The molecule has 0 saturated heterocycles. The first-order valence-electron chi connectivity index (χ1n) is 10.1. The minimum atomic E-state index is -3.35. The quantitative estimate of drug-likeness (QED) is 0.390. The molecule has 2 aromatic carbocycles. The van der Waals surface area contributed by atoms with Gasteiger partial charge in [0.15, 0.2) is 9.84 Å². The number of para-hydroxylation sites is 1. The Morgan fingerprint density at radius 3 is 2.27 bits per heavy atom. The molecule has 0 unspecified atom stereocenters. The van der Waals surface area contributed by atoms with Gasteiger partial charge < -0.3 is 9.67 Å². The van der Waals surface area contributed by atoms with Crippen molar-refractivity contribution in [1.29, 1.82) is 0 Å². The first-order chi connectivity index (χ1) is 15.4. The van der Waals surface area contributed by atoms with E-state index < -0.39 is 15.4 Å². The van der Waals surface area contributed by atoms with Gasteiger partial charge in [-0.15, -0.1) is 0 Å². The lowest BCUT2D eigenvalue weighted by atomic mass is 10.1. The van der Waals surface area contributed by atoms with Crippen molar-refractivity contribution in [3.05, 3.63) is 76.4 Å². The molecule has 33 heavy (non-hydrogen) atoms. The summed E-state index contributed by atoms with van der Waals surface area (Å²) in [6, 6.07) is 17.8. The number of hydrogen-bond acceptors (Lipinski definition) is 4. The molecule has 6 nitrogen and oxygen atoms in total. The van der Waals surface area contributed by atoms with Crippen LogP contribution >= 0.6 is 23.2 Å². The second-order valence-corrected chi connectivity index (χ2v) is 11.2. The summed E-state index contributed by atoms with van der Waals surface area (Å²) in [5.41, 5.74) is 2.49. The Bertz CT molecular complexity index is 1460. The van der Waals surface area contributed by atoms with Gasteiger partial charge in [0.05, 0.1) is 26.3 Å². The van der Waals surface area contributed by atoms with Gasteiger partial charge >= 0.3 is 0 Å². The van der Waals surface area contributed by atoms with E-state index in [1.54, 1.807) is 42.8 Å². The molecule has 4 aromatic rings. The van der Waals surface area contributed by atoms with Crippen molar-refractivity contribution in [2.45, 2.75) is 24.3 Å². The summed E-state index contributed by atoms with van der Waals surface area (Å²) in [7, 11) is -1.48. The van der Waals surface area contributed by atoms with Crippen LogP contribution in [-0.4, -0.2) is 34.1 Å². The monoisotopic (exact) mass is 503 g/mol. The van der Waals surface area contributed by atoms with E-state index in [0.29, 0.717) is 27.1 Å². The Kier molecular flexibility index (Phi) is 5.95. The summed E-state index contributed by atoms with van der Waals surface area (Å²) in [5, 5.41) is 16.1. The van der Waals surface area contributed by atoms with Crippen LogP contribution in [0.2, 0.25) is 10.0 Å². The van der Waals surface area contributed by atoms with Gasteiger partial charge in [-0.2, -0.15) is 5.10 Å². The van der Waals surface area contributed by atoms with Crippen molar-refractivity contribution in [2.24, 2.45) is 7.05 Å². The van der Waals surface area contributed by atoms with Gasteiger partial charge in [0, 0.05) is 19.0 Å². The van der Waals surface area contributed by atoms with E-state index in [1.807, 2.05) is 48.0 Å². The van der Waals surface area contributed by atoms with E-state index in [0.717, 1.165) is 17.0 Å². The van der Waals surface area contributed by atoms with Crippen LogP contribution in [-0.2, 0) is 22.5 Å². The normalized spacial score (nSPS) is 12.3. The van der Waals surface area contributed by atoms with Gasteiger partial charge in [-0.1, -0.05) is 47.5 Å². The van der Waals surface area contributed by atoms with Crippen molar-refractivity contribution in [3.63, 3.8) is 0 Å². The third-order valence-electron chi connectivity index (χ3n) is 5.41. The van der Waals surface area contributed by atoms with Crippen LogP contribution in [0.5, 0.6) is 0 Å². The molecule has 172 valence electrons. The summed E-state index contributed by atoms with van der Waals surface area (Å²) in [6.45, 7) is 3.24. The van der Waals surface area contributed by atoms with Crippen LogP contribution < -0.4 is 0 Å². The van der Waals surface area contributed by atoms with E-state index >= 15 is 0 Å². The molecule has 0 aliphatic carbocycles. The largest absolute Gasteiger partial charge is 0.384 e. The van der Waals surface area contributed by atoms with E-state index in [2.05, 4.69) is 5.10 Å². The zero-order valence-electron chi connectivity index (χ0n) is 18.5. The molecule has 9 heteroatoms. The average Bonchev–Trinajstić information content (AvgIpc) is 3.27. The van der Waals surface area contributed by atoms with Gasteiger partial charge in [0.1, 0.15) is 17.0 Å². The SMILES string of the molecule is Cn1c(-c2cccc(S(C)(=O)=O)c2)ccc1-c1c(Cl)c(C(C)(C)O)nn1-c1ccccc1Cl. The van der Waals surface area contributed by atoms with Crippen LogP contribution in [0.15, 0.2) is 65.6 Å². The Labute approximate surface area is 202 Å². The van der Waals surface area contributed by atoms with Crippen molar-refractivity contribution in [1.82, 2.24) is 14.3 Å². The molecule has 0 amide bonds. The summed E-state index contributed by atoms with van der Waals surface area (Å²) in [5.74, 6) is 0. The predicted octanol–water partition coefficient (Wildman–Crippen LogP) is 5.48. The maximum Gasteiger partial charge on any atom is 0.175 e. The van der Waals surface area contributed by atoms with E-state index in [9.17, 15) is 13.5 Å². The Morgan fingerprint density at radius 1 is 0.970 bits per heavy atom. The minimum Gasteiger partial charge on any atom is -0.384 e. The fraction of sp³-hybridized carbons (Fsp3) is 0.208. The van der Waals surface area contributed by atoms with Crippen molar-refractivity contribution in [3.8, 4) is 28.3 Å². The van der Waals surface area contributed by atoms with Crippen LogP contribution in [0.3, 0.4) is 0 Å². The number of benzene rings is 2. The zero-order valence-corrected chi connectivity index (χ0v) is 20.9. The standard InChI is InChI=1S/C24H23Cl2N3O3S/c1-24(2,30)23-21(26)22(29(27-23)19-11-6-5-10-17(19)25)20-13-12-18(28(20)3)15-8-7-9-16(14-15)33(4,31)32/h5-14,30H,1-4H3.